The highest BCUT2D eigenvalue weighted by atomic mass is 79.9. The number of carbonyl (C=O) groups is 1. The number of hydrogen-bond donors (Lipinski definition) is 0. The van der Waals surface area contributed by atoms with E-state index in [1.54, 1.807) is 11.0 Å². The number of likely N-dealkylation sites (tertiary alicyclic amines) is 1. The number of benzene rings is 2. The van der Waals surface area contributed by atoms with Crippen LogP contribution in [0.4, 0.5) is 18.0 Å². The Balaban J connectivity index is 1.71. The van der Waals surface area contributed by atoms with Crippen LogP contribution < -0.4 is 0 Å². The van der Waals surface area contributed by atoms with E-state index in [9.17, 15) is 18.0 Å². The summed E-state index contributed by atoms with van der Waals surface area (Å²) in [5.74, 6) is 0. The summed E-state index contributed by atoms with van der Waals surface area (Å²) >= 11 is 3.16. The van der Waals surface area contributed by atoms with E-state index in [2.05, 4.69) is 15.9 Å². The van der Waals surface area contributed by atoms with E-state index in [4.69, 9.17) is 9.47 Å². The van der Waals surface area contributed by atoms with Crippen molar-refractivity contribution in [1.29, 1.82) is 0 Å². The number of alkyl halides is 3. The molecule has 0 radical (unpaired) electrons. The van der Waals surface area contributed by atoms with Crippen LogP contribution in [-0.2, 0) is 27.7 Å². The smallest absolute Gasteiger partial charge is 0.416 e. The first-order valence-electron chi connectivity index (χ1n) is 10.9. The molecule has 2 aromatic rings. The topological polar surface area (TPSA) is 38.8 Å². The molecule has 0 aromatic heterocycles. The number of halogens is 4. The van der Waals surface area contributed by atoms with E-state index >= 15 is 0 Å². The van der Waals surface area contributed by atoms with Gasteiger partial charge in [0, 0.05) is 23.0 Å². The number of carbonyl (C=O) groups excluding carboxylic acids is 1. The second-order valence-electron chi connectivity index (χ2n) is 9.45. The van der Waals surface area contributed by atoms with E-state index in [0.717, 1.165) is 17.7 Å². The molecule has 0 saturated carbocycles. The van der Waals surface area contributed by atoms with Gasteiger partial charge in [-0.1, -0.05) is 46.3 Å². The second-order valence-corrected chi connectivity index (χ2v) is 10.4. The van der Waals surface area contributed by atoms with E-state index in [-0.39, 0.29) is 18.1 Å². The van der Waals surface area contributed by atoms with Crippen molar-refractivity contribution < 1.29 is 27.4 Å². The molecule has 1 aliphatic heterocycles. The zero-order valence-electron chi connectivity index (χ0n) is 19.0. The van der Waals surface area contributed by atoms with E-state index in [1.165, 1.54) is 0 Å². The highest BCUT2D eigenvalue weighted by Crippen LogP contribution is 2.37. The van der Waals surface area contributed by atoms with E-state index in [0.29, 0.717) is 42.6 Å². The third kappa shape index (κ3) is 6.96. The van der Waals surface area contributed by atoms with Gasteiger partial charge in [-0.2, -0.15) is 13.2 Å². The summed E-state index contributed by atoms with van der Waals surface area (Å²) < 4.78 is 51.3. The predicted octanol–water partition coefficient (Wildman–Crippen LogP) is 6.95. The molecule has 180 valence electrons. The maximum atomic E-state index is 13.1. The van der Waals surface area contributed by atoms with Gasteiger partial charge in [-0.25, -0.2) is 4.79 Å². The van der Waals surface area contributed by atoms with Gasteiger partial charge in [0.05, 0.1) is 18.8 Å². The van der Waals surface area contributed by atoms with Crippen molar-refractivity contribution >= 4 is 22.0 Å². The van der Waals surface area contributed by atoms with Crippen molar-refractivity contribution in [1.82, 2.24) is 4.90 Å². The number of hydrogen-bond acceptors (Lipinski definition) is 3. The molecule has 1 aliphatic rings. The lowest BCUT2D eigenvalue weighted by molar-refractivity contribution is -0.137. The van der Waals surface area contributed by atoms with E-state index < -0.39 is 17.3 Å². The van der Waals surface area contributed by atoms with E-state index in [1.807, 2.05) is 51.1 Å². The Hall–Kier alpha value is -2.06. The highest BCUT2D eigenvalue weighted by Gasteiger charge is 2.39. The normalized spacial score (nSPS) is 16.5. The van der Waals surface area contributed by atoms with Crippen LogP contribution in [0.25, 0.3) is 0 Å². The summed E-state index contributed by atoms with van der Waals surface area (Å²) in [5.41, 5.74) is -0.0597. The first kappa shape index (κ1) is 25.6. The fourth-order valence-electron chi connectivity index (χ4n) is 4.01. The van der Waals surface area contributed by atoms with Gasteiger partial charge in [-0.3, -0.25) is 0 Å². The third-order valence-corrected chi connectivity index (χ3v) is 6.15. The molecular weight excluding hydrogens is 499 g/mol. The quantitative estimate of drug-likeness (QED) is 0.422. The first-order valence-corrected chi connectivity index (χ1v) is 11.7. The van der Waals surface area contributed by atoms with Crippen LogP contribution in [0.1, 0.15) is 50.3 Å². The molecule has 1 amide bonds. The molecule has 1 heterocycles. The Morgan fingerprint density at radius 3 is 2.27 bits per heavy atom. The fraction of sp³-hybridized carbons (Fsp3) is 0.480. The average molecular weight is 528 g/mol. The molecule has 8 heteroatoms. The summed E-state index contributed by atoms with van der Waals surface area (Å²) in [4.78, 5) is 14.2. The number of rotatable bonds is 5. The molecule has 1 saturated heterocycles. The minimum absolute atomic E-state index is 0.0624. The second kappa shape index (κ2) is 10.1. The lowest BCUT2D eigenvalue weighted by Crippen LogP contribution is -2.48. The highest BCUT2D eigenvalue weighted by molar-refractivity contribution is 9.10. The molecule has 0 unspecified atom stereocenters. The Labute approximate surface area is 201 Å². The molecule has 33 heavy (non-hydrogen) atoms. The minimum Gasteiger partial charge on any atom is -0.444 e. The third-order valence-electron chi connectivity index (χ3n) is 5.69. The minimum atomic E-state index is -4.42. The standard InChI is InChI=1S/C25H29BrF3NO3/c1-23(2,3)33-22(31)30-11-9-24(10-12-30,19-7-5-4-6-8-19)17-32-16-18-13-20(25(27,28)29)15-21(26)14-18/h4-8,13-15H,9-12,16-17H2,1-3H3. The van der Waals surface area contributed by atoms with Crippen LogP contribution in [0.15, 0.2) is 53.0 Å². The van der Waals surface area contributed by atoms with Crippen molar-refractivity contribution in [2.75, 3.05) is 19.7 Å². The zero-order valence-corrected chi connectivity index (χ0v) is 20.6. The molecule has 0 bridgehead atoms. The molecule has 0 aliphatic carbocycles. The number of ether oxygens (including phenoxy) is 2. The lowest BCUT2D eigenvalue weighted by atomic mass is 9.73. The fourth-order valence-corrected chi connectivity index (χ4v) is 4.55. The van der Waals surface area contributed by atoms with Gasteiger partial charge in [-0.15, -0.1) is 0 Å². The molecule has 1 fully saturated rings. The Morgan fingerprint density at radius 1 is 1.06 bits per heavy atom. The van der Waals surface area contributed by atoms with Crippen LogP contribution in [-0.4, -0.2) is 36.3 Å². The Morgan fingerprint density at radius 2 is 1.70 bits per heavy atom. The molecule has 2 aromatic carbocycles. The maximum absolute atomic E-state index is 13.1. The van der Waals surface area contributed by atoms with Crippen molar-refractivity contribution in [3.63, 3.8) is 0 Å². The molecule has 4 nitrogen and oxygen atoms in total. The molecule has 3 rings (SSSR count). The molecule has 0 atom stereocenters. The lowest BCUT2D eigenvalue weighted by Gasteiger charge is -2.42. The van der Waals surface area contributed by atoms with Gasteiger partial charge in [0.25, 0.3) is 0 Å². The summed E-state index contributed by atoms with van der Waals surface area (Å²) in [7, 11) is 0. The summed E-state index contributed by atoms with van der Waals surface area (Å²) in [6.45, 7) is 6.94. The number of piperidine rings is 1. The summed E-state index contributed by atoms with van der Waals surface area (Å²) in [5, 5.41) is 0. The van der Waals surface area contributed by atoms with Crippen molar-refractivity contribution in [2.24, 2.45) is 0 Å². The van der Waals surface area contributed by atoms with Crippen LogP contribution >= 0.6 is 15.9 Å². The summed E-state index contributed by atoms with van der Waals surface area (Å²) in [6, 6.07) is 13.7. The monoisotopic (exact) mass is 527 g/mol. The van der Waals surface area contributed by atoms with Crippen LogP contribution in [0.3, 0.4) is 0 Å². The number of nitrogens with zero attached hydrogens (tertiary/aromatic N) is 1. The van der Waals surface area contributed by atoms with Crippen molar-refractivity contribution in [3.05, 3.63) is 69.7 Å². The number of amides is 1. The predicted molar refractivity (Wildman–Crippen MR) is 124 cm³/mol. The van der Waals surface area contributed by atoms with Crippen LogP contribution in [0.2, 0.25) is 0 Å². The van der Waals surface area contributed by atoms with Crippen LogP contribution in [0, 0.1) is 0 Å². The average Bonchev–Trinajstić information content (AvgIpc) is 2.72. The van der Waals surface area contributed by atoms with Gasteiger partial charge >= 0.3 is 12.3 Å². The zero-order chi connectivity index (χ0) is 24.3. The maximum Gasteiger partial charge on any atom is 0.416 e. The molecule has 0 N–H and O–H groups in total. The SMILES string of the molecule is CC(C)(C)OC(=O)N1CCC(COCc2cc(Br)cc(C(F)(F)F)c2)(c2ccccc2)CC1. The van der Waals surface area contributed by atoms with Gasteiger partial charge < -0.3 is 14.4 Å². The van der Waals surface area contributed by atoms with Gasteiger partial charge in [-0.05, 0) is 62.9 Å². The Kier molecular flexibility index (Phi) is 7.79. The van der Waals surface area contributed by atoms with Gasteiger partial charge in [0.2, 0.25) is 0 Å². The molecule has 0 spiro atoms. The summed E-state index contributed by atoms with van der Waals surface area (Å²) in [6.07, 6.45) is -3.41. The Bertz CT molecular complexity index is 950. The van der Waals surface area contributed by atoms with Gasteiger partial charge in [0.15, 0.2) is 0 Å². The van der Waals surface area contributed by atoms with Crippen molar-refractivity contribution in [3.8, 4) is 0 Å². The van der Waals surface area contributed by atoms with Gasteiger partial charge in [0.1, 0.15) is 5.60 Å². The largest absolute Gasteiger partial charge is 0.444 e. The first-order chi connectivity index (χ1) is 15.4. The molecular formula is C25H29BrF3NO3. The van der Waals surface area contributed by atoms with Crippen LogP contribution in [0.5, 0.6) is 0 Å². The van der Waals surface area contributed by atoms with Crippen molar-refractivity contribution in [2.45, 2.75) is 57.4 Å².